The third-order valence-electron chi connectivity index (χ3n) is 2.91. The van der Waals surface area contributed by atoms with Crippen LogP contribution in [0.25, 0.3) is 0 Å². The Morgan fingerprint density at radius 2 is 1.65 bits per heavy atom. The highest BCUT2D eigenvalue weighted by molar-refractivity contribution is 6.01. The van der Waals surface area contributed by atoms with Crippen molar-refractivity contribution in [2.45, 2.75) is 38.5 Å². The number of carbonyl (C=O) groups excluding carboxylic acids is 3. The Hall–Kier alpha value is -0.950. The zero-order valence-corrected chi connectivity index (χ0v) is 13.9. The predicted molar refractivity (Wildman–Crippen MR) is 68.5 cm³/mol. The molecule has 0 N–H and O–H groups in total. The van der Waals surface area contributed by atoms with E-state index in [0.717, 1.165) is 30.3 Å². The van der Waals surface area contributed by atoms with Gasteiger partial charge >= 0.3 is 5.97 Å². The minimum atomic E-state index is -0.506. The Bertz CT molecular complexity index is 350. The molecule has 0 aliphatic carbocycles. The first kappa shape index (κ1) is 19.1. The van der Waals surface area contributed by atoms with E-state index in [2.05, 4.69) is 21.1 Å². The third kappa shape index (κ3) is 7.00. The number of rotatable bonds is 7. The van der Waals surface area contributed by atoms with Crippen molar-refractivity contribution < 1.29 is 40.7 Å². The topological polar surface area (TPSA) is 63.7 Å². The van der Waals surface area contributed by atoms with E-state index < -0.39 is 17.8 Å². The van der Waals surface area contributed by atoms with Crippen LogP contribution >= 0.6 is 0 Å². The number of carbonyl (C=O) groups is 3. The third-order valence-corrected chi connectivity index (χ3v) is 2.91. The molecule has 116 valence electrons. The summed E-state index contributed by atoms with van der Waals surface area (Å²) in [5.74, 6) is -1.36. The number of imide groups is 1. The highest BCUT2D eigenvalue weighted by Gasteiger charge is 2.32. The molecule has 0 saturated carbocycles. The molecule has 7 heteroatoms. The number of halogens is 1. The molecule has 0 bridgehead atoms. The van der Waals surface area contributed by atoms with E-state index >= 15 is 0 Å². The summed E-state index contributed by atoms with van der Waals surface area (Å²) in [5, 5.41) is 0.606. The second kappa shape index (κ2) is 8.36. The minimum absolute atomic E-state index is 0. The Labute approximate surface area is 130 Å². The van der Waals surface area contributed by atoms with E-state index in [0.29, 0.717) is 5.06 Å². The summed E-state index contributed by atoms with van der Waals surface area (Å²) in [4.78, 5) is 38.7. The molecular formula is C13H23BrN2O4. The van der Waals surface area contributed by atoms with Crippen LogP contribution in [-0.2, 0) is 19.2 Å². The zero-order chi connectivity index (χ0) is 14.5. The lowest BCUT2D eigenvalue weighted by Gasteiger charge is -2.23. The van der Waals surface area contributed by atoms with E-state index in [-0.39, 0.29) is 36.2 Å². The van der Waals surface area contributed by atoms with Gasteiger partial charge in [0.05, 0.1) is 27.7 Å². The highest BCUT2D eigenvalue weighted by Crippen LogP contribution is 2.13. The van der Waals surface area contributed by atoms with Crippen LogP contribution in [0, 0.1) is 0 Å². The van der Waals surface area contributed by atoms with Gasteiger partial charge in [-0.15, -0.1) is 5.06 Å². The summed E-state index contributed by atoms with van der Waals surface area (Å²) in [5.41, 5.74) is 0. The summed E-state index contributed by atoms with van der Waals surface area (Å²) in [6.45, 7) is 1.05. The number of hydroxylamine groups is 2. The van der Waals surface area contributed by atoms with Gasteiger partial charge in [-0.3, -0.25) is 9.59 Å². The van der Waals surface area contributed by atoms with Crippen molar-refractivity contribution in [1.29, 1.82) is 0 Å². The van der Waals surface area contributed by atoms with Gasteiger partial charge < -0.3 is 26.3 Å². The lowest BCUT2D eigenvalue weighted by Crippen LogP contribution is -3.00. The molecule has 0 atom stereocenters. The molecule has 0 radical (unpaired) electrons. The van der Waals surface area contributed by atoms with Gasteiger partial charge in [0.25, 0.3) is 11.8 Å². The number of nitrogens with zero attached hydrogens (tertiary/aromatic N) is 2. The fourth-order valence-corrected chi connectivity index (χ4v) is 1.84. The molecule has 1 aliphatic heterocycles. The van der Waals surface area contributed by atoms with Crippen LogP contribution in [0.4, 0.5) is 0 Å². The fraction of sp³-hybridized carbons (Fsp3) is 0.769. The van der Waals surface area contributed by atoms with Gasteiger partial charge in [0.15, 0.2) is 0 Å². The van der Waals surface area contributed by atoms with Crippen molar-refractivity contribution in [3.63, 3.8) is 0 Å². The van der Waals surface area contributed by atoms with Crippen molar-refractivity contribution in [3.05, 3.63) is 0 Å². The summed E-state index contributed by atoms with van der Waals surface area (Å²) >= 11 is 0. The summed E-state index contributed by atoms with van der Waals surface area (Å²) < 4.78 is 0.904. The van der Waals surface area contributed by atoms with Crippen LogP contribution in [0.5, 0.6) is 0 Å². The SMILES string of the molecule is C[N+](C)(C)CCCCCC(=O)ON1C(=O)CCC1=O.[Br-]. The maximum atomic E-state index is 11.5. The molecule has 6 nitrogen and oxygen atoms in total. The molecule has 1 rings (SSSR count). The number of amides is 2. The first-order valence-electron chi connectivity index (χ1n) is 6.66. The quantitative estimate of drug-likeness (QED) is 0.299. The van der Waals surface area contributed by atoms with Crippen molar-refractivity contribution in [1.82, 2.24) is 5.06 Å². The smallest absolute Gasteiger partial charge is 0.333 e. The minimum Gasteiger partial charge on any atom is -1.00 e. The summed E-state index contributed by atoms with van der Waals surface area (Å²) in [6.07, 6.45) is 3.21. The molecule has 1 heterocycles. The molecule has 1 saturated heterocycles. The lowest BCUT2D eigenvalue weighted by atomic mass is 10.2. The van der Waals surface area contributed by atoms with Crippen LogP contribution in [0.2, 0.25) is 0 Å². The monoisotopic (exact) mass is 350 g/mol. The van der Waals surface area contributed by atoms with Crippen LogP contribution in [-0.4, -0.2) is 55.0 Å². The second-order valence-electron chi connectivity index (χ2n) is 5.87. The Balaban J connectivity index is 0.00000361. The first-order valence-corrected chi connectivity index (χ1v) is 6.66. The van der Waals surface area contributed by atoms with Crippen LogP contribution < -0.4 is 17.0 Å². The van der Waals surface area contributed by atoms with Gasteiger partial charge in [0.1, 0.15) is 0 Å². The molecular weight excluding hydrogens is 328 g/mol. The maximum absolute atomic E-state index is 11.5. The van der Waals surface area contributed by atoms with Crippen molar-refractivity contribution in [2.24, 2.45) is 0 Å². The van der Waals surface area contributed by atoms with Crippen molar-refractivity contribution >= 4 is 17.8 Å². The summed E-state index contributed by atoms with van der Waals surface area (Å²) in [6, 6.07) is 0. The largest absolute Gasteiger partial charge is 1.00 e. The van der Waals surface area contributed by atoms with Crippen LogP contribution in [0.15, 0.2) is 0 Å². The molecule has 1 fully saturated rings. The zero-order valence-electron chi connectivity index (χ0n) is 12.4. The van der Waals surface area contributed by atoms with E-state index in [4.69, 9.17) is 4.84 Å². The molecule has 0 aromatic heterocycles. The molecule has 0 spiro atoms. The molecule has 0 unspecified atom stereocenters. The number of hydrogen-bond donors (Lipinski definition) is 0. The summed E-state index contributed by atoms with van der Waals surface area (Å²) in [7, 11) is 6.37. The Morgan fingerprint density at radius 1 is 1.10 bits per heavy atom. The van der Waals surface area contributed by atoms with E-state index in [1.165, 1.54) is 0 Å². The normalized spacial score (nSPS) is 15.2. The standard InChI is InChI=1S/C13H23N2O4.BrH/c1-15(2,3)10-6-4-5-7-13(18)19-14-11(16)8-9-12(14)17;/h4-10H2,1-3H3;1H/q+1;/p-1. The number of quaternary nitrogens is 1. The first-order chi connectivity index (χ1) is 8.79. The van der Waals surface area contributed by atoms with Crippen molar-refractivity contribution in [3.8, 4) is 0 Å². The van der Waals surface area contributed by atoms with Gasteiger partial charge in [-0.05, 0) is 19.3 Å². The molecule has 1 aliphatic rings. The molecule has 2 amide bonds. The second-order valence-corrected chi connectivity index (χ2v) is 5.87. The van der Waals surface area contributed by atoms with E-state index in [1.807, 2.05) is 0 Å². The maximum Gasteiger partial charge on any atom is 0.333 e. The highest BCUT2D eigenvalue weighted by atomic mass is 79.9. The molecule has 0 aromatic carbocycles. The predicted octanol–water partition coefficient (Wildman–Crippen LogP) is -2.14. The van der Waals surface area contributed by atoms with Gasteiger partial charge in [0, 0.05) is 19.3 Å². The average Bonchev–Trinajstić information content (AvgIpc) is 2.59. The Morgan fingerprint density at radius 3 is 2.15 bits per heavy atom. The lowest BCUT2D eigenvalue weighted by molar-refractivity contribution is -0.870. The molecule has 20 heavy (non-hydrogen) atoms. The van der Waals surface area contributed by atoms with E-state index in [9.17, 15) is 14.4 Å². The van der Waals surface area contributed by atoms with Crippen molar-refractivity contribution in [2.75, 3.05) is 27.7 Å². The van der Waals surface area contributed by atoms with Gasteiger partial charge in [-0.2, -0.15) is 0 Å². The number of hydrogen-bond acceptors (Lipinski definition) is 4. The van der Waals surface area contributed by atoms with Crippen LogP contribution in [0.1, 0.15) is 38.5 Å². The average molecular weight is 351 g/mol. The van der Waals surface area contributed by atoms with Gasteiger partial charge in [-0.25, -0.2) is 4.79 Å². The number of unbranched alkanes of at least 4 members (excludes halogenated alkanes) is 2. The van der Waals surface area contributed by atoms with Gasteiger partial charge in [-0.1, -0.05) is 0 Å². The van der Waals surface area contributed by atoms with E-state index in [1.54, 1.807) is 0 Å². The van der Waals surface area contributed by atoms with Gasteiger partial charge in [0.2, 0.25) is 0 Å². The fourth-order valence-electron chi connectivity index (χ4n) is 1.84. The van der Waals surface area contributed by atoms with Crippen LogP contribution in [0.3, 0.4) is 0 Å². The Kier molecular flexibility index (Phi) is 7.96. The molecule has 0 aromatic rings.